The molecule has 0 saturated carbocycles. The molecular weight excluding hydrogens is 354 g/mol. The molecular formula is C14H12BrN3O2S. The third kappa shape index (κ3) is 3.37. The Morgan fingerprint density at radius 3 is 2.81 bits per heavy atom. The zero-order chi connectivity index (χ0) is 14.7. The highest BCUT2D eigenvalue weighted by Gasteiger charge is 2.13. The Morgan fingerprint density at radius 1 is 1.19 bits per heavy atom. The molecule has 0 spiro atoms. The lowest BCUT2D eigenvalue weighted by Crippen LogP contribution is -1.92. The summed E-state index contributed by atoms with van der Waals surface area (Å²) in [5.41, 5.74) is 5.50. The van der Waals surface area contributed by atoms with Crippen molar-refractivity contribution in [2.45, 2.75) is 17.2 Å². The first kappa shape index (κ1) is 14.4. The molecule has 0 radical (unpaired) electrons. The first-order chi connectivity index (χ1) is 10.3. The molecule has 2 N–H and O–H groups in total. The normalized spacial score (nSPS) is 11.0. The second kappa shape index (κ2) is 6.46. The van der Waals surface area contributed by atoms with E-state index in [1.165, 1.54) is 0 Å². The minimum atomic E-state index is 0.346. The van der Waals surface area contributed by atoms with E-state index < -0.39 is 0 Å². The minimum Gasteiger partial charge on any atom is -0.455 e. The monoisotopic (exact) mass is 365 g/mol. The second-order valence-corrected chi connectivity index (χ2v) is 6.08. The minimum absolute atomic E-state index is 0.346. The van der Waals surface area contributed by atoms with E-state index in [4.69, 9.17) is 14.7 Å². The summed E-state index contributed by atoms with van der Waals surface area (Å²) < 4.78 is 11.7. The zero-order valence-corrected chi connectivity index (χ0v) is 13.4. The lowest BCUT2D eigenvalue weighted by atomic mass is 10.4. The van der Waals surface area contributed by atoms with Crippen LogP contribution in [0.2, 0.25) is 0 Å². The van der Waals surface area contributed by atoms with Crippen LogP contribution < -0.4 is 5.73 Å². The Balaban J connectivity index is 1.69. The molecule has 2 heterocycles. The maximum absolute atomic E-state index is 5.50. The van der Waals surface area contributed by atoms with Crippen LogP contribution in [0.1, 0.15) is 11.6 Å². The Kier molecular flexibility index (Phi) is 4.42. The molecule has 3 aromatic rings. The predicted octanol–water partition coefficient (Wildman–Crippen LogP) is 3.84. The number of nitrogens with two attached hydrogens (primary N) is 1. The number of thioether (sulfide) groups is 1. The van der Waals surface area contributed by atoms with Crippen molar-refractivity contribution in [2.24, 2.45) is 5.73 Å². The molecule has 0 aliphatic rings. The van der Waals surface area contributed by atoms with Crippen molar-refractivity contribution in [1.82, 2.24) is 10.1 Å². The summed E-state index contributed by atoms with van der Waals surface area (Å²) in [5.74, 6) is 2.85. The van der Waals surface area contributed by atoms with E-state index in [9.17, 15) is 0 Å². The number of nitrogens with zero attached hydrogens (tertiary/aromatic N) is 2. The van der Waals surface area contributed by atoms with Crippen molar-refractivity contribution in [2.75, 3.05) is 0 Å². The van der Waals surface area contributed by atoms with Gasteiger partial charge in [-0.1, -0.05) is 17.3 Å². The molecule has 0 amide bonds. The first-order valence-electron chi connectivity index (χ1n) is 6.25. The molecule has 7 heteroatoms. The van der Waals surface area contributed by atoms with E-state index in [0.29, 0.717) is 35.5 Å². The van der Waals surface area contributed by atoms with Crippen molar-refractivity contribution >= 4 is 27.7 Å². The molecule has 2 aromatic heterocycles. The van der Waals surface area contributed by atoms with Gasteiger partial charge in [0, 0.05) is 9.37 Å². The van der Waals surface area contributed by atoms with Crippen LogP contribution in [0.15, 0.2) is 54.7 Å². The highest BCUT2D eigenvalue weighted by Crippen LogP contribution is 2.29. The van der Waals surface area contributed by atoms with Crippen molar-refractivity contribution in [1.29, 1.82) is 0 Å². The lowest BCUT2D eigenvalue weighted by molar-refractivity contribution is 0.407. The van der Waals surface area contributed by atoms with Crippen molar-refractivity contribution < 1.29 is 8.94 Å². The van der Waals surface area contributed by atoms with Gasteiger partial charge in [-0.25, -0.2) is 0 Å². The number of aromatic nitrogens is 2. The Bertz CT molecular complexity index is 741. The topological polar surface area (TPSA) is 78.1 Å². The van der Waals surface area contributed by atoms with E-state index in [-0.39, 0.29) is 0 Å². The van der Waals surface area contributed by atoms with Crippen molar-refractivity contribution in [3.63, 3.8) is 0 Å². The van der Waals surface area contributed by atoms with Crippen molar-refractivity contribution in [3.8, 4) is 11.7 Å². The van der Waals surface area contributed by atoms with Crippen LogP contribution in [0, 0.1) is 0 Å². The summed E-state index contributed by atoms with van der Waals surface area (Å²) in [6, 6.07) is 11.6. The molecule has 0 saturated heterocycles. The summed E-state index contributed by atoms with van der Waals surface area (Å²) in [5, 5.41) is 3.96. The molecule has 108 valence electrons. The van der Waals surface area contributed by atoms with Gasteiger partial charge in [0.2, 0.25) is 0 Å². The van der Waals surface area contributed by atoms with Crippen LogP contribution in [0.3, 0.4) is 0 Å². The Labute approximate surface area is 134 Å². The molecule has 1 aromatic carbocycles. The average Bonchev–Trinajstić information content (AvgIpc) is 3.15. The summed E-state index contributed by atoms with van der Waals surface area (Å²) in [7, 11) is 0. The van der Waals surface area contributed by atoms with Gasteiger partial charge < -0.3 is 14.7 Å². The quantitative estimate of drug-likeness (QED) is 0.692. The molecule has 21 heavy (non-hydrogen) atoms. The van der Waals surface area contributed by atoms with Gasteiger partial charge in [0.25, 0.3) is 5.89 Å². The van der Waals surface area contributed by atoms with Gasteiger partial charge in [-0.3, -0.25) is 0 Å². The predicted molar refractivity (Wildman–Crippen MR) is 83.6 cm³/mol. The molecule has 0 unspecified atom stereocenters. The highest BCUT2D eigenvalue weighted by molar-refractivity contribution is 9.10. The number of hydrogen-bond donors (Lipinski definition) is 1. The maximum atomic E-state index is 5.50. The fraction of sp³-hybridized carbons (Fsp3) is 0.143. The Hall–Kier alpha value is -1.57. The van der Waals surface area contributed by atoms with E-state index in [1.807, 2.05) is 24.3 Å². The average molecular weight is 366 g/mol. The number of benzene rings is 1. The van der Waals surface area contributed by atoms with Gasteiger partial charge >= 0.3 is 0 Å². The van der Waals surface area contributed by atoms with Crippen LogP contribution in [0.25, 0.3) is 11.7 Å². The van der Waals surface area contributed by atoms with Crippen LogP contribution in [0.4, 0.5) is 0 Å². The number of rotatable bonds is 5. The molecule has 0 fully saturated rings. The summed E-state index contributed by atoms with van der Waals surface area (Å²) in [4.78, 5) is 5.46. The van der Waals surface area contributed by atoms with Gasteiger partial charge in [-0.2, -0.15) is 4.98 Å². The van der Waals surface area contributed by atoms with Gasteiger partial charge in [0.1, 0.15) is 5.76 Å². The van der Waals surface area contributed by atoms with Crippen LogP contribution in [-0.4, -0.2) is 10.1 Å². The second-order valence-electron chi connectivity index (χ2n) is 4.20. The number of hydrogen-bond acceptors (Lipinski definition) is 6. The van der Waals surface area contributed by atoms with Gasteiger partial charge in [0.05, 0.1) is 12.3 Å². The summed E-state index contributed by atoms with van der Waals surface area (Å²) >= 11 is 5.15. The smallest absolute Gasteiger partial charge is 0.293 e. The SMILES string of the molecule is NCc1ccc(-c2nc(CSc3ccccc3Br)no2)o1. The molecule has 3 rings (SSSR count). The zero-order valence-electron chi connectivity index (χ0n) is 11.0. The van der Waals surface area contributed by atoms with E-state index >= 15 is 0 Å². The van der Waals surface area contributed by atoms with E-state index in [1.54, 1.807) is 23.9 Å². The largest absolute Gasteiger partial charge is 0.455 e. The molecule has 0 bridgehead atoms. The summed E-state index contributed by atoms with van der Waals surface area (Å²) in [6.07, 6.45) is 0. The fourth-order valence-electron chi connectivity index (χ4n) is 1.72. The van der Waals surface area contributed by atoms with Gasteiger partial charge in [-0.05, 0) is 40.2 Å². The first-order valence-corrected chi connectivity index (χ1v) is 8.03. The van der Waals surface area contributed by atoms with Crippen molar-refractivity contribution in [3.05, 3.63) is 52.5 Å². The number of furan rings is 1. The third-order valence-corrected chi connectivity index (χ3v) is 4.76. The van der Waals surface area contributed by atoms with Gasteiger partial charge in [-0.15, -0.1) is 11.8 Å². The third-order valence-electron chi connectivity index (χ3n) is 2.74. The maximum Gasteiger partial charge on any atom is 0.293 e. The molecule has 0 aliphatic carbocycles. The number of halogens is 1. The summed E-state index contributed by atoms with van der Waals surface area (Å²) in [6.45, 7) is 0.346. The fourth-order valence-corrected chi connectivity index (χ4v) is 3.13. The van der Waals surface area contributed by atoms with E-state index in [2.05, 4.69) is 26.1 Å². The molecule has 5 nitrogen and oxygen atoms in total. The van der Waals surface area contributed by atoms with Crippen LogP contribution in [-0.2, 0) is 12.3 Å². The van der Waals surface area contributed by atoms with Crippen LogP contribution >= 0.6 is 27.7 Å². The lowest BCUT2D eigenvalue weighted by Gasteiger charge is -2.00. The van der Waals surface area contributed by atoms with E-state index in [0.717, 1.165) is 9.37 Å². The molecule has 0 aliphatic heterocycles. The molecule has 0 atom stereocenters. The highest BCUT2D eigenvalue weighted by atomic mass is 79.9. The van der Waals surface area contributed by atoms with Crippen LogP contribution in [0.5, 0.6) is 0 Å². The Morgan fingerprint density at radius 2 is 2.05 bits per heavy atom. The van der Waals surface area contributed by atoms with Gasteiger partial charge in [0.15, 0.2) is 11.6 Å². The standard InChI is InChI=1S/C14H12BrN3O2S/c15-10-3-1-2-4-12(10)21-8-13-17-14(20-18-13)11-6-5-9(7-16)19-11/h1-6H,7-8,16H2.